The van der Waals surface area contributed by atoms with Crippen molar-refractivity contribution in [2.24, 2.45) is 0 Å². The first kappa shape index (κ1) is 23.2. The SMILES string of the molecule is CS(=O)(=O)Nc1cc([C@@H](O)CNCCOc2ccc3c(c2)[nH]c2cc(O)ccc23)ccc1Cl. The van der Waals surface area contributed by atoms with Crippen molar-refractivity contribution < 1.29 is 23.4 Å². The second kappa shape index (κ2) is 9.48. The summed E-state index contributed by atoms with van der Waals surface area (Å²) in [5.41, 5.74) is 2.53. The maximum Gasteiger partial charge on any atom is 0.229 e. The zero-order chi connectivity index (χ0) is 23.6. The van der Waals surface area contributed by atoms with E-state index >= 15 is 0 Å². The number of aromatic amines is 1. The maximum absolute atomic E-state index is 11.5. The number of phenols is 1. The van der Waals surface area contributed by atoms with Crippen molar-refractivity contribution in [3.05, 3.63) is 65.2 Å². The number of hydrogen-bond acceptors (Lipinski definition) is 6. The van der Waals surface area contributed by atoms with Crippen molar-refractivity contribution in [3.8, 4) is 11.5 Å². The van der Waals surface area contributed by atoms with Crippen LogP contribution in [-0.4, -0.2) is 49.6 Å². The first-order valence-corrected chi connectivity index (χ1v) is 12.5. The molecule has 3 aromatic carbocycles. The minimum atomic E-state index is -3.48. The van der Waals surface area contributed by atoms with E-state index < -0.39 is 16.1 Å². The van der Waals surface area contributed by atoms with E-state index in [1.807, 2.05) is 24.3 Å². The fourth-order valence-electron chi connectivity index (χ4n) is 3.59. The van der Waals surface area contributed by atoms with Gasteiger partial charge in [0.05, 0.1) is 34.1 Å². The summed E-state index contributed by atoms with van der Waals surface area (Å²) in [4.78, 5) is 3.28. The van der Waals surface area contributed by atoms with Gasteiger partial charge in [0.15, 0.2) is 0 Å². The molecule has 1 heterocycles. The number of aliphatic hydroxyl groups is 1. The second-order valence-corrected chi connectivity index (χ2v) is 9.90. The Morgan fingerprint density at radius 1 is 1.06 bits per heavy atom. The van der Waals surface area contributed by atoms with E-state index in [2.05, 4.69) is 15.0 Å². The molecule has 0 saturated carbocycles. The van der Waals surface area contributed by atoms with Gasteiger partial charge in [0, 0.05) is 36.0 Å². The Balaban J connectivity index is 1.30. The number of phenolic OH excluding ortho intramolecular Hbond substituents is 1. The summed E-state index contributed by atoms with van der Waals surface area (Å²) in [6, 6.07) is 15.7. The summed E-state index contributed by atoms with van der Waals surface area (Å²) in [7, 11) is -3.48. The summed E-state index contributed by atoms with van der Waals surface area (Å²) in [5.74, 6) is 0.912. The van der Waals surface area contributed by atoms with Crippen LogP contribution >= 0.6 is 11.6 Å². The minimum Gasteiger partial charge on any atom is -0.508 e. The van der Waals surface area contributed by atoms with Crippen LogP contribution in [0.5, 0.6) is 11.5 Å². The molecule has 0 aliphatic carbocycles. The van der Waals surface area contributed by atoms with Gasteiger partial charge in [-0.1, -0.05) is 17.7 Å². The molecule has 0 fully saturated rings. The molecule has 0 radical (unpaired) electrons. The van der Waals surface area contributed by atoms with Gasteiger partial charge in [-0.25, -0.2) is 8.42 Å². The van der Waals surface area contributed by atoms with Crippen LogP contribution in [0.2, 0.25) is 5.02 Å². The molecule has 0 saturated heterocycles. The molecule has 5 N–H and O–H groups in total. The topological polar surface area (TPSA) is 124 Å². The molecule has 4 rings (SSSR count). The Labute approximate surface area is 196 Å². The van der Waals surface area contributed by atoms with Gasteiger partial charge in [-0.2, -0.15) is 0 Å². The largest absolute Gasteiger partial charge is 0.508 e. The van der Waals surface area contributed by atoms with Gasteiger partial charge < -0.3 is 25.3 Å². The first-order chi connectivity index (χ1) is 15.7. The van der Waals surface area contributed by atoms with Crippen molar-refractivity contribution in [1.29, 1.82) is 0 Å². The third-order valence-electron chi connectivity index (χ3n) is 5.11. The number of hydrogen-bond donors (Lipinski definition) is 5. The highest BCUT2D eigenvalue weighted by Gasteiger charge is 2.12. The lowest BCUT2D eigenvalue weighted by Crippen LogP contribution is -2.26. The smallest absolute Gasteiger partial charge is 0.229 e. The number of aromatic hydroxyl groups is 1. The molecule has 0 bridgehead atoms. The lowest BCUT2D eigenvalue weighted by atomic mass is 10.1. The number of anilines is 1. The molecule has 0 aliphatic heterocycles. The van der Waals surface area contributed by atoms with Gasteiger partial charge in [0.2, 0.25) is 10.0 Å². The standard InChI is InChI=1S/C23H24ClN3O5S/c1-33(30,31)27-22-10-14(2-7-19(22)24)23(29)13-25-8-9-32-16-4-6-18-17-5-3-15(28)11-20(17)26-21(18)12-16/h2-7,10-12,23,25-29H,8-9,13H2,1H3/t23-/m0/s1. The van der Waals surface area contributed by atoms with E-state index in [0.29, 0.717) is 24.5 Å². The van der Waals surface area contributed by atoms with Crippen LogP contribution in [-0.2, 0) is 10.0 Å². The number of benzene rings is 3. The van der Waals surface area contributed by atoms with Gasteiger partial charge in [0.1, 0.15) is 18.1 Å². The number of halogens is 1. The van der Waals surface area contributed by atoms with Gasteiger partial charge in [-0.3, -0.25) is 4.72 Å². The number of fused-ring (bicyclic) bond motifs is 3. The predicted molar refractivity (Wildman–Crippen MR) is 131 cm³/mol. The third kappa shape index (κ3) is 5.69. The molecule has 8 nitrogen and oxygen atoms in total. The van der Waals surface area contributed by atoms with Gasteiger partial charge in [0.25, 0.3) is 0 Å². The Morgan fingerprint density at radius 3 is 2.55 bits per heavy atom. The van der Waals surface area contributed by atoms with Crippen LogP contribution in [0.25, 0.3) is 21.8 Å². The molecule has 4 aromatic rings. The molecule has 1 atom stereocenters. The van der Waals surface area contributed by atoms with E-state index in [1.165, 1.54) is 12.1 Å². The Hall–Kier alpha value is -2.98. The van der Waals surface area contributed by atoms with Crippen LogP contribution in [0.1, 0.15) is 11.7 Å². The van der Waals surface area contributed by atoms with Crippen LogP contribution in [0.3, 0.4) is 0 Å². The molecule has 10 heteroatoms. The molecule has 33 heavy (non-hydrogen) atoms. The second-order valence-electron chi connectivity index (χ2n) is 7.74. The highest BCUT2D eigenvalue weighted by molar-refractivity contribution is 7.92. The van der Waals surface area contributed by atoms with E-state index in [4.69, 9.17) is 16.3 Å². The minimum absolute atomic E-state index is 0.209. The molecule has 0 spiro atoms. The van der Waals surface area contributed by atoms with Crippen LogP contribution in [0, 0.1) is 0 Å². The average molecular weight is 490 g/mol. The number of ether oxygens (including phenoxy) is 1. The highest BCUT2D eigenvalue weighted by Crippen LogP contribution is 2.30. The van der Waals surface area contributed by atoms with Crippen LogP contribution < -0.4 is 14.8 Å². The number of aromatic nitrogens is 1. The predicted octanol–water partition coefficient (Wildman–Crippen LogP) is 3.75. The number of rotatable bonds is 9. The Bertz CT molecular complexity index is 1400. The lowest BCUT2D eigenvalue weighted by Gasteiger charge is -2.15. The van der Waals surface area contributed by atoms with E-state index in [1.54, 1.807) is 18.2 Å². The Kier molecular flexibility index (Phi) is 6.66. The summed E-state index contributed by atoms with van der Waals surface area (Å²) in [6.45, 7) is 1.15. The van der Waals surface area contributed by atoms with Crippen molar-refractivity contribution in [3.63, 3.8) is 0 Å². The molecule has 174 valence electrons. The fraction of sp³-hybridized carbons (Fsp3) is 0.217. The van der Waals surface area contributed by atoms with Crippen molar-refractivity contribution >= 4 is 49.1 Å². The molecule has 0 amide bonds. The van der Waals surface area contributed by atoms with Gasteiger partial charge in [-0.05, 0) is 42.0 Å². The number of sulfonamides is 1. The number of aliphatic hydroxyl groups excluding tert-OH is 1. The number of nitrogens with one attached hydrogen (secondary N) is 3. The summed E-state index contributed by atoms with van der Waals surface area (Å²) >= 11 is 6.02. The number of H-pyrrole nitrogens is 1. The average Bonchev–Trinajstić information content (AvgIpc) is 3.10. The van der Waals surface area contributed by atoms with E-state index in [9.17, 15) is 18.6 Å². The van der Waals surface area contributed by atoms with Crippen molar-refractivity contribution in [2.45, 2.75) is 6.10 Å². The summed E-state index contributed by atoms with van der Waals surface area (Å²) in [5, 5.41) is 25.5. The zero-order valence-electron chi connectivity index (χ0n) is 17.8. The lowest BCUT2D eigenvalue weighted by molar-refractivity contribution is 0.172. The summed E-state index contributed by atoms with van der Waals surface area (Å²) in [6.07, 6.45) is 0.191. The van der Waals surface area contributed by atoms with Crippen LogP contribution in [0.15, 0.2) is 54.6 Å². The zero-order valence-corrected chi connectivity index (χ0v) is 19.4. The van der Waals surface area contributed by atoms with Crippen LogP contribution in [0.4, 0.5) is 5.69 Å². The molecular weight excluding hydrogens is 466 g/mol. The van der Waals surface area contributed by atoms with Gasteiger partial charge in [-0.15, -0.1) is 0 Å². The first-order valence-electron chi connectivity index (χ1n) is 10.2. The Morgan fingerprint density at radius 2 is 1.79 bits per heavy atom. The summed E-state index contributed by atoms with van der Waals surface area (Å²) < 4.78 is 31.1. The normalized spacial score (nSPS) is 12.8. The molecule has 0 unspecified atom stereocenters. The maximum atomic E-state index is 11.5. The van der Waals surface area contributed by atoms with Crippen molar-refractivity contribution in [2.75, 3.05) is 30.7 Å². The fourth-order valence-corrected chi connectivity index (χ4v) is 4.38. The molecule has 0 aliphatic rings. The van der Waals surface area contributed by atoms with E-state index in [0.717, 1.165) is 28.1 Å². The monoisotopic (exact) mass is 489 g/mol. The molecule has 1 aromatic heterocycles. The highest BCUT2D eigenvalue weighted by atomic mass is 35.5. The van der Waals surface area contributed by atoms with Gasteiger partial charge >= 0.3 is 0 Å². The van der Waals surface area contributed by atoms with E-state index in [-0.39, 0.29) is 23.0 Å². The quantitative estimate of drug-likeness (QED) is 0.228. The third-order valence-corrected chi connectivity index (χ3v) is 6.03. The van der Waals surface area contributed by atoms with Crippen molar-refractivity contribution in [1.82, 2.24) is 10.3 Å². The molecular formula is C23H24ClN3O5S.